The molecule has 2 atom stereocenters. The predicted octanol–water partition coefficient (Wildman–Crippen LogP) is 2.10. The van der Waals surface area contributed by atoms with Crippen molar-refractivity contribution < 1.29 is 19.2 Å². The van der Waals surface area contributed by atoms with Crippen molar-refractivity contribution in [3.05, 3.63) is 42.0 Å². The molecule has 31 heavy (non-hydrogen) atoms. The third-order valence-corrected chi connectivity index (χ3v) is 6.05. The lowest BCUT2D eigenvalue weighted by Gasteiger charge is -2.23. The predicted molar refractivity (Wildman–Crippen MR) is 117 cm³/mol. The van der Waals surface area contributed by atoms with Gasteiger partial charge in [0.25, 0.3) is 5.91 Å². The molecular formula is C24H31N3O4. The van der Waals surface area contributed by atoms with E-state index in [1.165, 1.54) is 6.08 Å². The Morgan fingerprint density at radius 1 is 0.903 bits per heavy atom. The van der Waals surface area contributed by atoms with Crippen LogP contribution in [0, 0.1) is 11.8 Å². The van der Waals surface area contributed by atoms with E-state index in [4.69, 9.17) is 5.73 Å². The summed E-state index contributed by atoms with van der Waals surface area (Å²) >= 11 is 0. The van der Waals surface area contributed by atoms with Gasteiger partial charge in [-0.05, 0) is 36.3 Å². The molecule has 4 N–H and O–H groups in total. The molecule has 166 valence electrons. The highest BCUT2D eigenvalue weighted by Gasteiger charge is 2.34. The second-order valence-electron chi connectivity index (χ2n) is 8.66. The Hall–Kier alpha value is -2.96. The molecule has 0 aliphatic heterocycles. The second kappa shape index (κ2) is 10.9. The van der Waals surface area contributed by atoms with Gasteiger partial charge < -0.3 is 16.4 Å². The summed E-state index contributed by atoms with van der Waals surface area (Å²) in [7, 11) is 0. The Morgan fingerprint density at radius 3 is 2.13 bits per heavy atom. The molecule has 7 heteroatoms. The van der Waals surface area contributed by atoms with E-state index in [2.05, 4.69) is 10.6 Å². The van der Waals surface area contributed by atoms with Gasteiger partial charge in [0.2, 0.25) is 17.6 Å². The van der Waals surface area contributed by atoms with Gasteiger partial charge in [0, 0.05) is 6.08 Å². The summed E-state index contributed by atoms with van der Waals surface area (Å²) in [6.07, 6.45) is 10.2. The molecule has 1 unspecified atom stereocenters. The van der Waals surface area contributed by atoms with Crippen LogP contribution in [0.15, 0.2) is 36.4 Å². The summed E-state index contributed by atoms with van der Waals surface area (Å²) in [6, 6.07) is 7.70. The minimum atomic E-state index is -1.04. The highest BCUT2D eigenvalue weighted by Crippen LogP contribution is 2.34. The third kappa shape index (κ3) is 7.35. The number of primary amides is 1. The number of nitrogens with one attached hydrogen (secondary N) is 2. The van der Waals surface area contributed by atoms with Crippen LogP contribution in [-0.2, 0) is 19.2 Å². The molecule has 1 aromatic carbocycles. The standard InChI is InChI=1S/C24H31N3O4/c25-23(30)22(29)19(14-17-8-4-5-9-17)27-24(31)20(15-18-10-11-18)26-21(28)13-12-16-6-2-1-3-7-16/h1-3,6-7,12-13,17-20H,4-5,8-11,14-15H2,(H2,25,30)(H,26,28)(H,27,31)/b13-12+/t19?,20-/m0/s1. The molecule has 0 radical (unpaired) electrons. The number of hydrogen-bond acceptors (Lipinski definition) is 4. The third-order valence-electron chi connectivity index (χ3n) is 6.05. The van der Waals surface area contributed by atoms with Gasteiger partial charge in [0.1, 0.15) is 6.04 Å². The molecule has 3 rings (SSSR count). The summed E-state index contributed by atoms with van der Waals surface area (Å²) < 4.78 is 0. The number of rotatable bonds is 11. The summed E-state index contributed by atoms with van der Waals surface area (Å²) in [5, 5.41) is 5.47. The van der Waals surface area contributed by atoms with Crippen molar-refractivity contribution in [3.63, 3.8) is 0 Å². The largest absolute Gasteiger partial charge is 0.363 e. The Bertz CT molecular complexity index is 826. The smallest absolute Gasteiger partial charge is 0.287 e. The minimum absolute atomic E-state index is 0.291. The minimum Gasteiger partial charge on any atom is -0.363 e. The van der Waals surface area contributed by atoms with Crippen LogP contribution < -0.4 is 16.4 Å². The zero-order valence-corrected chi connectivity index (χ0v) is 17.7. The zero-order chi connectivity index (χ0) is 22.2. The van der Waals surface area contributed by atoms with Gasteiger partial charge in [0.05, 0.1) is 6.04 Å². The van der Waals surface area contributed by atoms with E-state index in [1.807, 2.05) is 30.3 Å². The molecule has 2 fully saturated rings. The zero-order valence-electron chi connectivity index (χ0n) is 17.7. The highest BCUT2D eigenvalue weighted by atomic mass is 16.2. The fourth-order valence-corrected chi connectivity index (χ4v) is 4.13. The number of amides is 3. The maximum absolute atomic E-state index is 13.0. The van der Waals surface area contributed by atoms with Crippen molar-refractivity contribution in [2.75, 3.05) is 0 Å². The van der Waals surface area contributed by atoms with Gasteiger partial charge >= 0.3 is 0 Å². The van der Waals surface area contributed by atoms with Crippen LogP contribution in [-0.4, -0.2) is 35.6 Å². The molecule has 1 aromatic rings. The molecule has 0 aromatic heterocycles. The first-order valence-electron chi connectivity index (χ1n) is 11.1. The molecule has 7 nitrogen and oxygen atoms in total. The molecule has 2 aliphatic rings. The van der Waals surface area contributed by atoms with Crippen molar-refractivity contribution in [2.45, 2.75) is 63.5 Å². The van der Waals surface area contributed by atoms with Crippen molar-refractivity contribution in [2.24, 2.45) is 17.6 Å². The van der Waals surface area contributed by atoms with Crippen LogP contribution in [0.5, 0.6) is 0 Å². The van der Waals surface area contributed by atoms with E-state index in [1.54, 1.807) is 6.08 Å². The van der Waals surface area contributed by atoms with Crippen LogP contribution in [0.1, 0.15) is 56.9 Å². The summed E-state index contributed by atoms with van der Waals surface area (Å²) in [4.78, 5) is 49.2. The van der Waals surface area contributed by atoms with E-state index < -0.39 is 29.7 Å². The fraction of sp³-hybridized carbons (Fsp3) is 0.500. The van der Waals surface area contributed by atoms with Crippen molar-refractivity contribution in [1.82, 2.24) is 10.6 Å². The molecule has 0 bridgehead atoms. The quantitative estimate of drug-likeness (QED) is 0.372. The van der Waals surface area contributed by atoms with Gasteiger partial charge in [-0.15, -0.1) is 0 Å². The average Bonchev–Trinajstić information content (AvgIpc) is 3.43. The maximum Gasteiger partial charge on any atom is 0.287 e. The molecule has 0 saturated heterocycles. The first-order chi connectivity index (χ1) is 14.9. The first-order valence-corrected chi connectivity index (χ1v) is 11.1. The lowest BCUT2D eigenvalue weighted by Crippen LogP contribution is -2.53. The number of nitrogens with two attached hydrogens (primary N) is 1. The van der Waals surface area contributed by atoms with Crippen LogP contribution in [0.25, 0.3) is 6.08 Å². The molecule has 3 amide bonds. The van der Waals surface area contributed by atoms with Gasteiger partial charge in [-0.3, -0.25) is 19.2 Å². The summed E-state index contributed by atoms with van der Waals surface area (Å²) in [6.45, 7) is 0. The monoisotopic (exact) mass is 425 g/mol. The Labute approximate surface area is 182 Å². The van der Waals surface area contributed by atoms with Gasteiger partial charge in [-0.2, -0.15) is 0 Å². The maximum atomic E-state index is 13.0. The van der Waals surface area contributed by atoms with E-state index in [9.17, 15) is 19.2 Å². The molecule has 0 heterocycles. The van der Waals surface area contributed by atoms with Gasteiger partial charge in [-0.25, -0.2) is 0 Å². The lowest BCUT2D eigenvalue weighted by molar-refractivity contribution is -0.139. The number of hydrogen-bond donors (Lipinski definition) is 3. The van der Waals surface area contributed by atoms with Gasteiger partial charge in [0.15, 0.2) is 0 Å². The summed E-state index contributed by atoms with van der Waals surface area (Å²) in [5.41, 5.74) is 6.09. The van der Waals surface area contributed by atoms with Crippen molar-refractivity contribution in [1.29, 1.82) is 0 Å². The Balaban J connectivity index is 1.63. The lowest BCUT2D eigenvalue weighted by atomic mass is 9.95. The van der Waals surface area contributed by atoms with E-state index in [-0.39, 0.29) is 5.91 Å². The molecule has 2 aliphatic carbocycles. The molecule has 0 spiro atoms. The number of benzene rings is 1. The van der Waals surface area contributed by atoms with Crippen molar-refractivity contribution >= 4 is 29.6 Å². The number of ketones is 1. The Morgan fingerprint density at radius 2 is 1.52 bits per heavy atom. The Kier molecular flexibility index (Phi) is 7.98. The van der Waals surface area contributed by atoms with Crippen LogP contribution >= 0.6 is 0 Å². The number of carbonyl (C=O) groups is 4. The van der Waals surface area contributed by atoms with E-state index in [0.29, 0.717) is 24.7 Å². The SMILES string of the molecule is NC(=O)C(=O)C(CC1CCCC1)NC(=O)[C@H](CC1CC1)NC(=O)/C=C/c1ccccc1. The van der Waals surface area contributed by atoms with Crippen molar-refractivity contribution in [3.8, 4) is 0 Å². The fourth-order valence-electron chi connectivity index (χ4n) is 4.13. The van der Waals surface area contributed by atoms with Crippen LogP contribution in [0.4, 0.5) is 0 Å². The second-order valence-corrected chi connectivity index (χ2v) is 8.66. The number of carbonyl (C=O) groups excluding carboxylic acids is 4. The highest BCUT2D eigenvalue weighted by molar-refractivity contribution is 6.37. The van der Waals surface area contributed by atoms with Crippen LogP contribution in [0.3, 0.4) is 0 Å². The molecule has 2 saturated carbocycles. The first kappa shape index (κ1) is 22.7. The van der Waals surface area contributed by atoms with E-state index >= 15 is 0 Å². The molecular weight excluding hydrogens is 394 g/mol. The van der Waals surface area contributed by atoms with Crippen LogP contribution in [0.2, 0.25) is 0 Å². The average molecular weight is 426 g/mol. The number of Topliss-reactive ketones (excluding diaryl/α,β-unsaturated/α-hetero) is 1. The summed E-state index contributed by atoms with van der Waals surface area (Å²) in [5.74, 6) is -1.96. The van der Waals surface area contributed by atoms with E-state index in [0.717, 1.165) is 44.1 Å². The normalized spacial score (nSPS) is 18.5. The topological polar surface area (TPSA) is 118 Å². The van der Waals surface area contributed by atoms with Gasteiger partial charge in [-0.1, -0.05) is 68.9 Å².